The summed E-state index contributed by atoms with van der Waals surface area (Å²) in [5.74, 6) is -0.0530. The van der Waals surface area contributed by atoms with Crippen LogP contribution in [0.5, 0.6) is 0 Å². The van der Waals surface area contributed by atoms with Gasteiger partial charge in [-0.25, -0.2) is 4.98 Å². The predicted octanol–water partition coefficient (Wildman–Crippen LogP) is 4.42. The van der Waals surface area contributed by atoms with Crippen molar-refractivity contribution in [3.8, 4) is 0 Å². The molecule has 1 amide bonds. The average Bonchev–Trinajstić information content (AvgIpc) is 3.11. The Morgan fingerprint density at radius 2 is 2.23 bits per heavy atom. The van der Waals surface area contributed by atoms with E-state index in [1.165, 1.54) is 23.1 Å². The SMILES string of the molecule is CCN1C(=O)/C(=C/c2ccccc2Cl)S/C1=N/c1nccs1. The van der Waals surface area contributed by atoms with Crippen molar-refractivity contribution in [2.75, 3.05) is 6.54 Å². The van der Waals surface area contributed by atoms with Gasteiger partial charge in [0.05, 0.1) is 4.91 Å². The van der Waals surface area contributed by atoms with Crippen molar-refractivity contribution < 1.29 is 4.79 Å². The number of rotatable bonds is 3. The highest BCUT2D eigenvalue weighted by molar-refractivity contribution is 8.18. The summed E-state index contributed by atoms with van der Waals surface area (Å²) < 4.78 is 0. The highest BCUT2D eigenvalue weighted by Gasteiger charge is 2.32. The summed E-state index contributed by atoms with van der Waals surface area (Å²) in [5, 5.41) is 3.78. The Bertz CT molecular complexity index is 756. The molecule has 0 bridgehead atoms. The molecule has 0 N–H and O–H groups in total. The lowest BCUT2D eigenvalue weighted by Crippen LogP contribution is -2.28. The molecule has 1 fully saturated rings. The zero-order valence-corrected chi connectivity index (χ0v) is 14.1. The average molecular weight is 350 g/mol. The van der Waals surface area contributed by atoms with E-state index in [0.717, 1.165) is 5.56 Å². The van der Waals surface area contributed by atoms with Gasteiger partial charge in [0.25, 0.3) is 5.91 Å². The van der Waals surface area contributed by atoms with E-state index >= 15 is 0 Å². The van der Waals surface area contributed by atoms with Crippen LogP contribution in [0.15, 0.2) is 45.7 Å². The minimum atomic E-state index is -0.0530. The molecule has 0 radical (unpaired) electrons. The smallest absolute Gasteiger partial charge is 0.266 e. The van der Waals surface area contributed by atoms with Gasteiger partial charge in [0.1, 0.15) is 0 Å². The fraction of sp³-hybridized carbons (Fsp3) is 0.133. The number of carbonyl (C=O) groups excluding carboxylic acids is 1. The lowest BCUT2D eigenvalue weighted by molar-refractivity contribution is -0.122. The second kappa shape index (κ2) is 6.64. The number of benzene rings is 1. The van der Waals surface area contributed by atoms with Crippen LogP contribution in [0.1, 0.15) is 12.5 Å². The number of likely N-dealkylation sites (N-methyl/N-ethyl adjacent to an activating group) is 1. The Kier molecular flexibility index (Phi) is 4.61. The van der Waals surface area contributed by atoms with E-state index < -0.39 is 0 Å². The first kappa shape index (κ1) is 15.3. The highest BCUT2D eigenvalue weighted by atomic mass is 35.5. The van der Waals surface area contributed by atoms with Gasteiger partial charge in [0.15, 0.2) is 5.17 Å². The molecule has 1 aromatic carbocycles. The Hall–Kier alpha value is -1.63. The number of amides is 1. The van der Waals surface area contributed by atoms with Gasteiger partial charge in [-0.05, 0) is 36.4 Å². The standard InChI is InChI=1S/C15H12ClN3OS2/c1-2-19-13(20)12(9-10-5-3-4-6-11(10)16)22-15(19)18-14-17-7-8-21-14/h3-9H,2H2,1H3/b12-9-,18-15+. The van der Waals surface area contributed by atoms with E-state index in [4.69, 9.17) is 11.6 Å². The number of amidine groups is 1. The van der Waals surface area contributed by atoms with Gasteiger partial charge in [-0.1, -0.05) is 29.8 Å². The first-order chi connectivity index (χ1) is 10.7. The quantitative estimate of drug-likeness (QED) is 0.770. The van der Waals surface area contributed by atoms with E-state index in [1.54, 1.807) is 17.2 Å². The fourth-order valence-corrected chi connectivity index (χ4v) is 3.74. The monoisotopic (exact) mass is 349 g/mol. The number of aliphatic imine (C=N–C) groups is 1. The summed E-state index contributed by atoms with van der Waals surface area (Å²) in [6.07, 6.45) is 3.50. The molecule has 7 heteroatoms. The summed E-state index contributed by atoms with van der Waals surface area (Å²) in [4.78, 5) is 23.3. The van der Waals surface area contributed by atoms with Gasteiger partial charge >= 0.3 is 0 Å². The second-order valence-corrected chi connectivity index (χ2v) is 6.68. The highest BCUT2D eigenvalue weighted by Crippen LogP contribution is 2.35. The van der Waals surface area contributed by atoms with Gasteiger partial charge in [0.2, 0.25) is 5.13 Å². The van der Waals surface area contributed by atoms with Gasteiger partial charge in [-0.3, -0.25) is 9.69 Å². The van der Waals surface area contributed by atoms with E-state index in [0.29, 0.717) is 26.8 Å². The van der Waals surface area contributed by atoms with Gasteiger partial charge < -0.3 is 0 Å². The Morgan fingerprint density at radius 3 is 2.91 bits per heavy atom. The molecule has 3 rings (SSSR count). The van der Waals surface area contributed by atoms with Crippen molar-refractivity contribution in [2.45, 2.75) is 6.92 Å². The number of carbonyl (C=O) groups is 1. The summed E-state index contributed by atoms with van der Waals surface area (Å²) in [6.45, 7) is 2.49. The normalized spacial score (nSPS) is 18.6. The maximum Gasteiger partial charge on any atom is 0.266 e. The molecule has 0 unspecified atom stereocenters. The molecule has 112 valence electrons. The van der Waals surface area contributed by atoms with Crippen molar-refractivity contribution in [1.29, 1.82) is 0 Å². The molecule has 2 aromatic rings. The molecule has 1 aliphatic heterocycles. The van der Waals surface area contributed by atoms with E-state index in [9.17, 15) is 4.79 Å². The number of hydrogen-bond donors (Lipinski definition) is 0. The van der Waals surface area contributed by atoms with Crippen LogP contribution >= 0.6 is 34.7 Å². The number of thioether (sulfide) groups is 1. The van der Waals surface area contributed by atoms with E-state index in [1.807, 2.05) is 36.6 Å². The molecule has 0 spiro atoms. The molecule has 4 nitrogen and oxygen atoms in total. The van der Waals surface area contributed by atoms with Gasteiger partial charge in [-0.15, -0.1) is 11.3 Å². The van der Waals surface area contributed by atoms with Crippen molar-refractivity contribution in [3.63, 3.8) is 0 Å². The molecule has 0 atom stereocenters. The van der Waals surface area contributed by atoms with Crippen LogP contribution in [0, 0.1) is 0 Å². The minimum Gasteiger partial charge on any atom is -0.287 e. The molecule has 22 heavy (non-hydrogen) atoms. The Labute approximate surface area is 141 Å². The maximum atomic E-state index is 12.5. The fourth-order valence-electron chi connectivity index (χ4n) is 1.96. The largest absolute Gasteiger partial charge is 0.287 e. The summed E-state index contributed by atoms with van der Waals surface area (Å²) >= 11 is 8.94. The number of aromatic nitrogens is 1. The van der Waals surface area contributed by atoms with Crippen molar-refractivity contribution in [3.05, 3.63) is 51.3 Å². The molecular formula is C15H12ClN3OS2. The van der Waals surface area contributed by atoms with Crippen molar-refractivity contribution >= 4 is 57.0 Å². The van der Waals surface area contributed by atoms with Crippen LogP contribution in [0.25, 0.3) is 6.08 Å². The zero-order valence-electron chi connectivity index (χ0n) is 11.7. The number of hydrogen-bond acceptors (Lipinski definition) is 5. The molecule has 0 aliphatic carbocycles. The molecular weight excluding hydrogens is 338 g/mol. The van der Waals surface area contributed by atoms with Crippen molar-refractivity contribution in [2.24, 2.45) is 4.99 Å². The van der Waals surface area contributed by atoms with E-state index in [2.05, 4.69) is 9.98 Å². The third kappa shape index (κ3) is 3.09. The minimum absolute atomic E-state index is 0.0530. The first-order valence-corrected chi connectivity index (χ1v) is 8.70. The summed E-state index contributed by atoms with van der Waals surface area (Å²) in [6, 6.07) is 7.45. The Morgan fingerprint density at radius 1 is 1.41 bits per heavy atom. The van der Waals surface area contributed by atoms with Gasteiger partial charge in [-0.2, -0.15) is 4.99 Å². The lowest BCUT2D eigenvalue weighted by Gasteiger charge is -2.11. The topological polar surface area (TPSA) is 45.6 Å². The van der Waals surface area contributed by atoms with E-state index in [-0.39, 0.29) is 5.91 Å². The second-order valence-electron chi connectivity index (χ2n) is 4.39. The summed E-state index contributed by atoms with van der Waals surface area (Å²) in [7, 11) is 0. The molecule has 1 aliphatic rings. The Balaban J connectivity index is 1.95. The third-order valence-electron chi connectivity index (χ3n) is 3.01. The van der Waals surface area contributed by atoms with Crippen LogP contribution in [0.4, 0.5) is 5.13 Å². The van der Waals surface area contributed by atoms with Crippen LogP contribution in [-0.2, 0) is 4.79 Å². The first-order valence-electron chi connectivity index (χ1n) is 6.63. The zero-order chi connectivity index (χ0) is 15.5. The van der Waals surface area contributed by atoms with Crippen LogP contribution < -0.4 is 0 Å². The predicted molar refractivity (Wildman–Crippen MR) is 93.6 cm³/mol. The van der Waals surface area contributed by atoms with Gasteiger partial charge in [0, 0.05) is 23.1 Å². The van der Waals surface area contributed by atoms with Crippen LogP contribution in [-0.4, -0.2) is 27.5 Å². The van der Waals surface area contributed by atoms with Crippen molar-refractivity contribution in [1.82, 2.24) is 9.88 Å². The van der Waals surface area contributed by atoms with Crippen LogP contribution in [0.3, 0.4) is 0 Å². The molecule has 1 aromatic heterocycles. The molecule has 0 saturated carbocycles. The number of thiazole rings is 1. The number of nitrogens with zero attached hydrogens (tertiary/aromatic N) is 3. The molecule has 1 saturated heterocycles. The third-order valence-corrected chi connectivity index (χ3v) is 5.02. The molecule has 2 heterocycles. The maximum absolute atomic E-state index is 12.5. The van der Waals surface area contributed by atoms with Crippen LogP contribution in [0.2, 0.25) is 5.02 Å². The summed E-state index contributed by atoms with van der Waals surface area (Å²) in [5.41, 5.74) is 0.826. The number of halogens is 1. The lowest BCUT2D eigenvalue weighted by atomic mass is 10.2.